The summed E-state index contributed by atoms with van der Waals surface area (Å²) >= 11 is 0. The smallest absolute Gasteiger partial charge is 0.217 e. The van der Waals surface area contributed by atoms with Gasteiger partial charge in [-0.3, -0.25) is 14.4 Å². The van der Waals surface area contributed by atoms with E-state index in [0.717, 1.165) is 13.8 Å². The van der Waals surface area contributed by atoms with Gasteiger partial charge in [0.25, 0.3) is 0 Å². The van der Waals surface area contributed by atoms with Gasteiger partial charge in [-0.15, -0.1) is 0 Å². The van der Waals surface area contributed by atoms with E-state index in [1.54, 1.807) is 0 Å². The maximum absolute atomic E-state index is 12.8. The van der Waals surface area contributed by atoms with Gasteiger partial charge >= 0.3 is 0 Å². The number of hydrogen-bond acceptors (Lipinski definition) is 26. The summed E-state index contributed by atoms with van der Waals surface area (Å²) in [7, 11) is 0. The molecule has 5 saturated heterocycles. The zero-order valence-corrected chi connectivity index (χ0v) is 37.5. The highest BCUT2D eigenvalue weighted by Crippen LogP contribution is 2.36. The van der Waals surface area contributed by atoms with Crippen molar-refractivity contribution in [3.05, 3.63) is 0 Å². The standard InChI is InChI=1S/C39H67N3O26/c1-12-22(50)27(55)29(57)37(60-12)68-34-28(56)23(51)16(8-43)63-39(34)66-32-21(42-15(4)49)36(61-17(9-44)24(32)52)67-33-25(53)18(10-45)62-38(30(33)58)65-31-19(11-46)64-35(20(26(31)54)41-14(3)48)59-7-5-6-40-13(2)47/h12,16-39,43-46,50-58H,5-11H2,1-4H3,(H,40,47)(H,41,48)(H,42,49)/t12?,16?,17?,18?,19?,20?,21?,22-,23+,24-,25+,26-,27+,28+,29?,30?,31-,32-,33+,34?,35-,36+,37+,38+,39+/m1/s1. The lowest BCUT2D eigenvalue weighted by Crippen LogP contribution is -2.70. The lowest BCUT2D eigenvalue weighted by molar-refractivity contribution is -0.389. The number of nitrogens with one attached hydrogen (secondary N) is 3. The molecule has 16 N–H and O–H groups in total. The number of carbonyl (C=O) groups excluding carboxylic acids is 3. The number of aliphatic hydroxyl groups excluding tert-OH is 13. The molecule has 0 aliphatic carbocycles. The second-order valence-corrected chi connectivity index (χ2v) is 17.1. The molecule has 0 spiro atoms. The molecule has 5 aliphatic rings. The molecular formula is C39H67N3O26. The molecular weight excluding hydrogens is 926 g/mol. The van der Waals surface area contributed by atoms with Crippen molar-refractivity contribution in [3.8, 4) is 0 Å². The summed E-state index contributed by atoms with van der Waals surface area (Å²) in [5.41, 5.74) is 0. The van der Waals surface area contributed by atoms with Crippen molar-refractivity contribution in [1.29, 1.82) is 0 Å². The molecule has 0 aromatic heterocycles. The molecule has 25 atom stereocenters. The Balaban J connectivity index is 1.41. The molecule has 5 fully saturated rings. The van der Waals surface area contributed by atoms with Crippen LogP contribution in [0.2, 0.25) is 0 Å². The Kier molecular flexibility index (Phi) is 20.9. The fraction of sp³-hybridized carbons (Fsp3) is 0.923. The minimum Gasteiger partial charge on any atom is -0.394 e. The van der Waals surface area contributed by atoms with Crippen molar-refractivity contribution in [3.63, 3.8) is 0 Å². The lowest BCUT2D eigenvalue weighted by Gasteiger charge is -2.51. The van der Waals surface area contributed by atoms with Crippen LogP contribution in [-0.4, -0.2) is 277 Å². The van der Waals surface area contributed by atoms with Crippen LogP contribution in [0.15, 0.2) is 0 Å². The van der Waals surface area contributed by atoms with Gasteiger partial charge in [0.1, 0.15) is 116 Å². The van der Waals surface area contributed by atoms with Gasteiger partial charge in [0.2, 0.25) is 17.7 Å². The third kappa shape index (κ3) is 13.1. The predicted octanol–water partition coefficient (Wildman–Crippen LogP) is -10.1. The lowest BCUT2D eigenvalue weighted by atomic mass is 9.94. The Labute approximate surface area is 388 Å². The van der Waals surface area contributed by atoms with E-state index >= 15 is 0 Å². The van der Waals surface area contributed by atoms with E-state index in [-0.39, 0.29) is 25.5 Å². The van der Waals surface area contributed by atoms with Gasteiger partial charge < -0.3 is 130 Å². The van der Waals surface area contributed by atoms with Crippen LogP contribution >= 0.6 is 0 Å². The van der Waals surface area contributed by atoms with Crippen LogP contribution in [0.1, 0.15) is 34.1 Å². The molecule has 68 heavy (non-hydrogen) atoms. The normalized spacial score (nSPS) is 45.6. The first kappa shape index (κ1) is 56.4. The third-order valence-corrected chi connectivity index (χ3v) is 12.0. The van der Waals surface area contributed by atoms with Crippen LogP contribution in [0, 0.1) is 0 Å². The van der Waals surface area contributed by atoms with Crippen LogP contribution in [0.5, 0.6) is 0 Å². The quantitative estimate of drug-likeness (QED) is 0.0534. The maximum Gasteiger partial charge on any atom is 0.217 e. The molecule has 3 amide bonds. The average Bonchev–Trinajstić information content (AvgIpc) is 3.29. The van der Waals surface area contributed by atoms with Crippen LogP contribution < -0.4 is 16.0 Å². The summed E-state index contributed by atoms with van der Waals surface area (Å²) in [5.74, 6) is -1.75. The molecule has 5 heterocycles. The SMILES string of the molecule is CC(=O)NCCCO[C@@H]1OC(CO)[C@@H](O[C@@H]2OC(CO)[C@H](O)[C@H](O[C@@H]3OC(CO)[C@@H](O)[C@H](O[C@@H]4OC(CO)[C@H](O)[C@H](O)C4O[C@@H]4OC(C)[C@@H](O)[C@H](O)C4O)C3NC(C)=O)C2O)[C@H](O)C1NC(C)=O. The van der Waals surface area contributed by atoms with E-state index in [4.69, 9.17) is 47.4 Å². The van der Waals surface area contributed by atoms with Gasteiger partial charge in [0.15, 0.2) is 31.5 Å². The van der Waals surface area contributed by atoms with E-state index in [2.05, 4.69) is 16.0 Å². The van der Waals surface area contributed by atoms with Crippen molar-refractivity contribution in [2.24, 2.45) is 0 Å². The minimum atomic E-state index is -2.12. The zero-order chi connectivity index (χ0) is 50.3. The first-order valence-electron chi connectivity index (χ1n) is 22.0. The molecule has 0 radical (unpaired) electrons. The summed E-state index contributed by atoms with van der Waals surface area (Å²) < 4.78 is 58.3. The van der Waals surface area contributed by atoms with Gasteiger partial charge in [-0.25, -0.2) is 0 Å². The fourth-order valence-corrected chi connectivity index (χ4v) is 8.42. The first-order valence-corrected chi connectivity index (χ1v) is 22.0. The van der Waals surface area contributed by atoms with Gasteiger partial charge in [0, 0.05) is 27.3 Å². The summed E-state index contributed by atoms with van der Waals surface area (Å²) in [6, 6.07) is -3.10. The van der Waals surface area contributed by atoms with Crippen LogP contribution in [0.3, 0.4) is 0 Å². The maximum atomic E-state index is 12.8. The van der Waals surface area contributed by atoms with Crippen LogP contribution in [0.4, 0.5) is 0 Å². The predicted molar refractivity (Wildman–Crippen MR) is 215 cm³/mol. The monoisotopic (exact) mass is 993 g/mol. The zero-order valence-electron chi connectivity index (χ0n) is 37.5. The molecule has 0 aromatic carbocycles. The van der Waals surface area contributed by atoms with Crippen molar-refractivity contribution in [2.45, 2.75) is 188 Å². The molecule has 0 bridgehead atoms. The van der Waals surface area contributed by atoms with Crippen molar-refractivity contribution in [2.75, 3.05) is 39.6 Å². The topological polar surface area (TPSA) is 443 Å². The Hall–Kier alpha value is -2.51. The van der Waals surface area contributed by atoms with Crippen LogP contribution in [-0.2, 0) is 61.8 Å². The van der Waals surface area contributed by atoms with E-state index in [9.17, 15) is 80.8 Å². The largest absolute Gasteiger partial charge is 0.394 e. The summed E-state index contributed by atoms with van der Waals surface area (Å²) in [6.07, 6.45) is -40.7. The van der Waals surface area contributed by atoms with Gasteiger partial charge in [-0.2, -0.15) is 0 Å². The number of ether oxygens (including phenoxy) is 10. The van der Waals surface area contributed by atoms with Crippen molar-refractivity contribution >= 4 is 17.7 Å². The number of aliphatic hydroxyl groups is 13. The summed E-state index contributed by atoms with van der Waals surface area (Å²) in [5, 5.41) is 148. The molecule has 29 heteroatoms. The van der Waals surface area contributed by atoms with E-state index < -0.39 is 192 Å². The Morgan fingerprint density at radius 1 is 0.441 bits per heavy atom. The summed E-state index contributed by atoms with van der Waals surface area (Å²) in [6.45, 7) is 1.31. The molecule has 5 aliphatic heterocycles. The number of rotatable bonds is 19. The highest BCUT2D eigenvalue weighted by Gasteiger charge is 2.57. The Bertz CT molecular complexity index is 1610. The van der Waals surface area contributed by atoms with Gasteiger partial charge in [-0.05, 0) is 13.3 Å². The molecule has 0 aromatic rings. The number of carbonyl (C=O) groups is 3. The average molecular weight is 994 g/mol. The third-order valence-electron chi connectivity index (χ3n) is 12.0. The van der Waals surface area contributed by atoms with E-state index in [1.165, 1.54) is 13.8 Å². The van der Waals surface area contributed by atoms with Crippen LogP contribution in [0.25, 0.3) is 0 Å². The highest BCUT2D eigenvalue weighted by molar-refractivity contribution is 5.74. The van der Waals surface area contributed by atoms with Crippen molar-refractivity contribution in [1.82, 2.24) is 16.0 Å². The molecule has 5 rings (SSSR count). The van der Waals surface area contributed by atoms with Crippen molar-refractivity contribution < 1.29 is 128 Å². The second kappa shape index (κ2) is 25.2. The van der Waals surface area contributed by atoms with E-state index in [0.29, 0.717) is 0 Å². The Morgan fingerprint density at radius 3 is 1.51 bits per heavy atom. The summed E-state index contributed by atoms with van der Waals surface area (Å²) in [4.78, 5) is 36.3. The van der Waals surface area contributed by atoms with Gasteiger partial charge in [0.05, 0.1) is 39.1 Å². The number of amides is 3. The van der Waals surface area contributed by atoms with E-state index in [1.807, 2.05) is 0 Å². The molecule has 394 valence electrons. The number of hydrogen-bond donors (Lipinski definition) is 16. The minimum absolute atomic E-state index is 0.0360. The second-order valence-electron chi connectivity index (χ2n) is 17.1. The first-order chi connectivity index (χ1) is 32.2. The fourth-order valence-electron chi connectivity index (χ4n) is 8.42. The Morgan fingerprint density at radius 2 is 0.926 bits per heavy atom. The highest BCUT2D eigenvalue weighted by atomic mass is 16.8. The molecule has 10 unspecified atom stereocenters. The molecule has 29 nitrogen and oxygen atoms in total. The molecule has 0 saturated carbocycles. The van der Waals surface area contributed by atoms with Gasteiger partial charge in [-0.1, -0.05) is 0 Å².